The number of nitrogens with two attached hydrogens (primary N) is 1. The number of amidine groups is 1. The van der Waals surface area contributed by atoms with E-state index in [0.29, 0.717) is 5.17 Å². The fourth-order valence-electron chi connectivity index (χ4n) is 0.878. The second kappa shape index (κ2) is 6.19. The topological polar surface area (TPSA) is 50.7 Å². The quantitative estimate of drug-likeness (QED) is 0.487. The first-order valence-electron chi connectivity index (χ1n) is 4.47. The van der Waals surface area contributed by atoms with Gasteiger partial charge in [0.1, 0.15) is 5.82 Å². The molecule has 5 heteroatoms. The van der Waals surface area contributed by atoms with Gasteiger partial charge in [-0.1, -0.05) is 30.8 Å². The molecule has 0 bridgehead atoms. The van der Waals surface area contributed by atoms with E-state index in [1.807, 2.05) is 6.92 Å². The minimum Gasteiger partial charge on any atom is -0.377 e. The molecule has 0 aliphatic carbocycles. The van der Waals surface area contributed by atoms with Crippen molar-refractivity contribution in [2.45, 2.75) is 6.92 Å². The maximum atomic E-state index is 12.5. The molecule has 3 nitrogen and oxygen atoms in total. The molecule has 0 atom stereocenters. The zero-order valence-electron chi connectivity index (χ0n) is 8.35. The van der Waals surface area contributed by atoms with Crippen LogP contribution in [-0.4, -0.2) is 17.1 Å². The summed E-state index contributed by atoms with van der Waals surface area (Å²) in [7, 11) is 0. The maximum absolute atomic E-state index is 12.5. The van der Waals surface area contributed by atoms with Gasteiger partial charge < -0.3 is 5.73 Å². The minimum absolute atomic E-state index is 0.267. The van der Waals surface area contributed by atoms with Crippen molar-refractivity contribution in [3.63, 3.8) is 0 Å². The largest absolute Gasteiger partial charge is 0.377 e. The third-order valence-electron chi connectivity index (χ3n) is 1.53. The number of benzene rings is 1. The van der Waals surface area contributed by atoms with Crippen molar-refractivity contribution in [2.75, 3.05) is 5.75 Å². The Morgan fingerprint density at radius 1 is 1.47 bits per heavy atom. The van der Waals surface area contributed by atoms with Crippen molar-refractivity contribution in [3.05, 3.63) is 35.6 Å². The summed E-state index contributed by atoms with van der Waals surface area (Å²) in [5.41, 5.74) is 6.30. The first-order chi connectivity index (χ1) is 7.22. The van der Waals surface area contributed by atoms with Crippen LogP contribution in [0.25, 0.3) is 0 Å². The SMILES string of the molecule is CCS/C(N)=N\N=C\c1ccc(F)cc1. The summed E-state index contributed by atoms with van der Waals surface area (Å²) in [6, 6.07) is 5.99. The summed E-state index contributed by atoms with van der Waals surface area (Å²) < 4.78 is 12.5. The molecule has 0 saturated carbocycles. The fraction of sp³-hybridized carbons (Fsp3) is 0.200. The molecule has 0 spiro atoms. The van der Waals surface area contributed by atoms with Crippen molar-refractivity contribution in [1.82, 2.24) is 0 Å². The first kappa shape index (κ1) is 11.7. The summed E-state index contributed by atoms with van der Waals surface area (Å²) >= 11 is 1.42. The molecular formula is C10H12FN3S. The molecule has 0 aliphatic rings. The van der Waals surface area contributed by atoms with Gasteiger partial charge in [-0.3, -0.25) is 0 Å². The third-order valence-corrected chi connectivity index (χ3v) is 2.19. The van der Waals surface area contributed by atoms with Gasteiger partial charge in [0.15, 0.2) is 5.17 Å². The van der Waals surface area contributed by atoms with Crippen LogP contribution < -0.4 is 5.73 Å². The Labute approximate surface area is 92.3 Å². The Bertz CT molecular complexity index is 359. The van der Waals surface area contributed by atoms with Crippen molar-refractivity contribution in [1.29, 1.82) is 0 Å². The van der Waals surface area contributed by atoms with Gasteiger partial charge in [0.2, 0.25) is 0 Å². The molecule has 0 radical (unpaired) electrons. The molecule has 0 amide bonds. The predicted molar refractivity (Wildman–Crippen MR) is 63.7 cm³/mol. The lowest BCUT2D eigenvalue weighted by molar-refractivity contribution is 0.628. The van der Waals surface area contributed by atoms with E-state index >= 15 is 0 Å². The van der Waals surface area contributed by atoms with Crippen molar-refractivity contribution >= 4 is 23.1 Å². The highest BCUT2D eigenvalue weighted by Gasteiger charge is 1.90. The molecule has 15 heavy (non-hydrogen) atoms. The highest BCUT2D eigenvalue weighted by Crippen LogP contribution is 2.01. The first-order valence-corrected chi connectivity index (χ1v) is 5.46. The Balaban J connectivity index is 2.58. The Hall–Kier alpha value is -1.36. The van der Waals surface area contributed by atoms with E-state index in [9.17, 15) is 4.39 Å². The Morgan fingerprint density at radius 3 is 2.73 bits per heavy atom. The molecule has 0 aromatic heterocycles. The van der Waals surface area contributed by atoms with E-state index in [1.165, 1.54) is 30.1 Å². The second-order valence-electron chi connectivity index (χ2n) is 2.67. The highest BCUT2D eigenvalue weighted by molar-refractivity contribution is 8.13. The monoisotopic (exact) mass is 225 g/mol. The van der Waals surface area contributed by atoms with Crippen LogP contribution in [0.5, 0.6) is 0 Å². The zero-order chi connectivity index (χ0) is 11.1. The van der Waals surface area contributed by atoms with Crippen LogP contribution in [0.2, 0.25) is 0 Å². The summed E-state index contributed by atoms with van der Waals surface area (Å²) in [6.07, 6.45) is 1.53. The van der Waals surface area contributed by atoms with Gasteiger partial charge in [-0.15, -0.1) is 5.10 Å². The van der Waals surface area contributed by atoms with E-state index in [4.69, 9.17) is 5.73 Å². The molecule has 1 rings (SSSR count). The van der Waals surface area contributed by atoms with E-state index < -0.39 is 0 Å². The number of nitrogens with zero attached hydrogens (tertiary/aromatic N) is 2. The average molecular weight is 225 g/mol. The number of hydrogen-bond donors (Lipinski definition) is 1. The molecule has 0 aliphatic heterocycles. The Kier molecular flexibility index (Phi) is 4.83. The van der Waals surface area contributed by atoms with Gasteiger partial charge in [0, 0.05) is 0 Å². The molecule has 80 valence electrons. The standard InChI is InChI=1S/C10H12FN3S/c1-2-15-10(12)14-13-7-8-3-5-9(11)6-4-8/h3-7H,2H2,1H3,(H2,12,14)/b13-7+. The highest BCUT2D eigenvalue weighted by atomic mass is 32.2. The van der Waals surface area contributed by atoms with E-state index in [2.05, 4.69) is 10.2 Å². The molecule has 1 aromatic carbocycles. The van der Waals surface area contributed by atoms with Crippen molar-refractivity contribution < 1.29 is 4.39 Å². The van der Waals surface area contributed by atoms with Crippen molar-refractivity contribution in [2.24, 2.45) is 15.9 Å². The predicted octanol–water partition coefficient (Wildman–Crippen LogP) is 2.23. The van der Waals surface area contributed by atoms with E-state index in [0.717, 1.165) is 11.3 Å². The van der Waals surface area contributed by atoms with Crippen LogP contribution in [-0.2, 0) is 0 Å². The lowest BCUT2D eigenvalue weighted by Gasteiger charge is -1.92. The molecule has 0 saturated heterocycles. The normalized spacial score (nSPS) is 12.3. The number of hydrogen-bond acceptors (Lipinski definition) is 3. The number of rotatable bonds is 3. The summed E-state index contributed by atoms with van der Waals surface area (Å²) in [4.78, 5) is 0. The second-order valence-corrected chi connectivity index (χ2v) is 3.95. The van der Waals surface area contributed by atoms with Crippen molar-refractivity contribution in [3.8, 4) is 0 Å². The molecule has 0 unspecified atom stereocenters. The summed E-state index contributed by atoms with van der Waals surface area (Å²) in [6.45, 7) is 1.98. The smallest absolute Gasteiger partial charge is 0.180 e. The molecule has 0 fully saturated rings. The van der Waals surface area contributed by atoms with Gasteiger partial charge in [-0.25, -0.2) is 4.39 Å². The third kappa shape index (κ3) is 4.60. The van der Waals surface area contributed by atoms with E-state index in [-0.39, 0.29) is 5.82 Å². The van der Waals surface area contributed by atoms with Gasteiger partial charge in [0.05, 0.1) is 6.21 Å². The summed E-state index contributed by atoms with van der Waals surface area (Å²) in [5.74, 6) is 0.596. The van der Waals surface area contributed by atoms with Gasteiger partial charge in [0.25, 0.3) is 0 Å². The van der Waals surface area contributed by atoms with Crippen LogP contribution >= 0.6 is 11.8 Å². The molecular weight excluding hydrogens is 213 g/mol. The Morgan fingerprint density at radius 2 is 2.13 bits per heavy atom. The summed E-state index contributed by atoms with van der Waals surface area (Å²) in [5, 5.41) is 7.98. The zero-order valence-corrected chi connectivity index (χ0v) is 9.17. The van der Waals surface area contributed by atoms with Gasteiger partial charge in [-0.05, 0) is 23.4 Å². The van der Waals surface area contributed by atoms with Crippen LogP contribution in [0.1, 0.15) is 12.5 Å². The fourth-order valence-corrected chi connectivity index (χ4v) is 1.28. The maximum Gasteiger partial charge on any atom is 0.180 e. The van der Waals surface area contributed by atoms with Gasteiger partial charge >= 0.3 is 0 Å². The van der Waals surface area contributed by atoms with Crippen LogP contribution in [0, 0.1) is 5.82 Å². The lowest BCUT2D eigenvalue weighted by atomic mass is 10.2. The average Bonchev–Trinajstić information content (AvgIpc) is 2.21. The van der Waals surface area contributed by atoms with Crippen LogP contribution in [0.15, 0.2) is 34.5 Å². The van der Waals surface area contributed by atoms with Crippen LogP contribution in [0.3, 0.4) is 0 Å². The number of halogens is 1. The van der Waals surface area contributed by atoms with Crippen LogP contribution in [0.4, 0.5) is 4.39 Å². The van der Waals surface area contributed by atoms with Gasteiger partial charge in [-0.2, -0.15) is 5.10 Å². The minimum atomic E-state index is -0.267. The van der Waals surface area contributed by atoms with E-state index in [1.54, 1.807) is 12.1 Å². The molecule has 0 heterocycles. The number of thioether (sulfide) groups is 1. The lowest BCUT2D eigenvalue weighted by Crippen LogP contribution is -2.05. The molecule has 1 aromatic rings. The molecule has 2 N–H and O–H groups in total.